The van der Waals surface area contributed by atoms with Gasteiger partial charge in [-0.05, 0) is 55.7 Å². The average Bonchev–Trinajstić information content (AvgIpc) is 2.90. The third-order valence-electron chi connectivity index (χ3n) is 5.03. The molecule has 1 aliphatic heterocycles. The van der Waals surface area contributed by atoms with Crippen LogP contribution in [0.15, 0.2) is 41.2 Å². The minimum atomic E-state index is -0.251. The number of nitrogens with one attached hydrogen (secondary N) is 1. The molecule has 1 aliphatic rings. The van der Waals surface area contributed by atoms with E-state index in [4.69, 9.17) is 11.6 Å². The van der Waals surface area contributed by atoms with E-state index >= 15 is 0 Å². The van der Waals surface area contributed by atoms with E-state index in [0.29, 0.717) is 33.7 Å². The predicted octanol–water partition coefficient (Wildman–Crippen LogP) is 4.34. The third-order valence-corrected chi connectivity index (χ3v) is 5.26. The highest BCUT2D eigenvalue weighted by molar-refractivity contribution is 6.31. The van der Waals surface area contributed by atoms with E-state index < -0.39 is 0 Å². The lowest BCUT2D eigenvalue weighted by Gasteiger charge is -2.12. The molecule has 0 fully saturated rings. The molecule has 0 aliphatic carbocycles. The summed E-state index contributed by atoms with van der Waals surface area (Å²) in [4.78, 5) is 30.2. The molecule has 1 N–H and O–H groups in total. The molecule has 4 rings (SSSR count). The molecule has 1 aromatic heterocycles. The van der Waals surface area contributed by atoms with Gasteiger partial charge in [0.05, 0.1) is 10.9 Å². The summed E-state index contributed by atoms with van der Waals surface area (Å²) in [7, 11) is 0. The van der Waals surface area contributed by atoms with E-state index in [1.807, 2.05) is 13.0 Å². The normalized spacial score (nSPS) is 13.9. The Morgan fingerprint density at radius 1 is 1.15 bits per heavy atom. The first kappa shape index (κ1) is 17.7. The Labute approximate surface area is 162 Å². The van der Waals surface area contributed by atoms with Gasteiger partial charge in [-0.2, -0.15) is 0 Å². The lowest BCUT2D eigenvalue weighted by Crippen LogP contribution is -2.24. The van der Waals surface area contributed by atoms with Crippen LogP contribution in [-0.2, 0) is 13.0 Å². The first-order valence-corrected chi connectivity index (χ1v) is 9.52. The summed E-state index contributed by atoms with van der Waals surface area (Å²) < 4.78 is 1.78. The topological polar surface area (TPSA) is 64.0 Å². The molecule has 2 aromatic carbocycles. The van der Waals surface area contributed by atoms with Gasteiger partial charge in [-0.15, -0.1) is 0 Å². The molecule has 1 amide bonds. The fourth-order valence-electron chi connectivity index (χ4n) is 3.48. The number of amides is 1. The van der Waals surface area contributed by atoms with Gasteiger partial charge < -0.3 is 5.32 Å². The molecule has 0 spiro atoms. The number of aromatic nitrogens is 2. The van der Waals surface area contributed by atoms with E-state index in [9.17, 15) is 9.59 Å². The SMILES string of the molecule is Cc1ccc(Cl)cc1NC(=O)c1ccc2c(=O)n3c(nc2c1)CCCCC3. The Kier molecular flexibility index (Phi) is 4.70. The van der Waals surface area contributed by atoms with Gasteiger partial charge in [0.25, 0.3) is 11.5 Å². The van der Waals surface area contributed by atoms with Gasteiger partial charge in [0, 0.05) is 29.2 Å². The molecule has 5 nitrogen and oxygen atoms in total. The predicted molar refractivity (Wildman–Crippen MR) is 108 cm³/mol. The van der Waals surface area contributed by atoms with Crippen LogP contribution in [0, 0.1) is 6.92 Å². The zero-order valence-corrected chi connectivity index (χ0v) is 15.8. The Hall–Kier alpha value is -2.66. The Morgan fingerprint density at radius 2 is 2.00 bits per heavy atom. The van der Waals surface area contributed by atoms with Crippen LogP contribution in [0.3, 0.4) is 0 Å². The lowest BCUT2D eigenvalue weighted by atomic mass is 10.1. The summed E-state index contributed by atoms with van der Waals surface area (Å²) in [6, 6.07) is 10.4. The monoisotopic (exact) mass is 381 g/mol. The fourth-order valence-corrected chi connectivity index (χ4v) is 3.65. The van der Waals surface area contributed by atoms with Crippen molar-refractivity contribution in [1.82, 2.24) is 9.55 Å². The smallest absolute Gasteiger partial charge is 0.261 e. The van der Waals surface area contributed by atoms with Crippen molar-refractivity contribution in [2.75, 3.05) is 5.32 Å². The van der Waals surface area contributed by atoms with E-state index in [-0.39, 0.29) is 11.5 Å². The highest BCUT2D eigenvalue weighted by Gasteiger charge is 2.15. The summed E-state index contributed by atoms with van der Waals surface area (Å²) in [6.07, 6.45) is 3.93. The maximum atomic E-state index is 12.8. The fraction of sp³-hybridized carbons (Fsp3) is 0.286. The Balaban J connectivity index is 1.71. The van der Waals surface area contributed by atoms with Crippen molar-refractivity contribution in [3.8, 4) is 0 Å². The van der Waals surface area contributed by atoms with Gasteiger partial charge in [0.1, 0.15) is 5.82 Å². The second kappa shape index (κ2) is 7.16. The molecule has 0 saturated heterocycles. The summed E-state index contributed by atoms with van der Waals surface area (Å²) in [5.41, 5.74) is 2.61. The molecule has 6 heteroatoms. The number of halogens is 1. The number of rotatable bonds is 2. The quantitative estimate of drug-likeness (QED) is 0.718. The highest BCUT2D eigenvalue weighted by Crippen LogP contribution is 2.22. The highest BCUT2D eigenvalue weighted by atomic mass is 35.5. The van der Waals surface area contributed by atoms with Crippen LogP contribution in [0.1, 0.15) is 41.0 Å². The maximum Gasteiger partial charge on any atom is 0.261 e. The van der Waals surface area contributed by atoms with Gasteiger partial charge in [-0.1, -0.05) is 24.1 Å². The van der Waals surface area contributed by atoms with Crippen LogP contribution in [0.25, 0.3) is 10.9 Å². The second-order valence-electron chi connectivity index (χ2n) is 6.94. The minimum Gasteiger partial charge on any atom is -0.322 e. The summed E-state index contributed by atoms with van der Waals surface area (Å²) >= 11 is 6.02. The van der Waals surface area contributed by atoms with Crippen LogP contribution in [0.5, 0.6) is 0 Å². The summed E-state index contributed by atoms with van der Waals surface area (Å²) in [5, 5.41) is 4.00. The molecular formula is C21H20ClN3O2. The van der Waals surface area contributed by atoms with Crippen LogP contribution in [-0.4, -0.2) is 15.5 Å². The molecule has 3 aromatic rings. The summed E-state index contributed by atoms with van der Waals surface area (Å²) in [6.45, 7) is 2.62. The van der Waals surface area contributed by atoms with Crippen LogP contribution in [0.2, 0.25) is 5.02 Å². The average molecular weight is 382 g/mol. The van der Waals surface area contributed by atoms with Crippen molar-refractivity contribution in [3.63, 3.8) is 0 Å². The number of aryl methyl sites for hydroxylation is 2. The summed E-state index contributed by atoms with van der Waals surface area (Å²) in [5.74, 6) is 0.562. The number of hydrogen-bond acceptors (Lipinski definition) is 3. The molecule has 138 valence electrons. The molecule has 0 atom stereocenters. The van der Waals surface area contributed by atoms with E-state index in [2.05, 4.69) is 10.3 Å². The number of nitrogens with zero attached hydrogens (tertiary/aromatic N) is 2. The van der Waals surface area contributed by atoms with Crippen molar-refractivity contribution >= 4 is 34.1 Å². The number of carbonyl (C=O) groups excluding carboxylic acids is 1. The van der Waals surface area contributed by atoms with Crippen LogP contribution >= 0.6 is 11.6 Å². The van der Waals surface area contributed by atoms with Crippen molar-refractivity contribution in [3.05, 3.63) is 68.7 Å². The van der Waals surface area contributed by atoms with Gasteiger partial charge >= 0.3 is 0 Å². The van der Waals surface area contributed by atoms with Crippen molar-refractivity contribution in [2.45, 2.75) is 39.2 Å². The lowest BCUT2D eigenvalue weighted by molar-refractivity contribution is 0.102. The zero-order valence-electron chi connectivity index (χ0n) is 15.1. The number of fused-ring (bicyclic) bond motifs is 2. The molecule has 27 heavy (non-hydrogen) atoms. The van der Waals surface area contributed by atoms with Crippen molar-refractivity contribution in [1.29, 1.82) is 0 Å². The Morgan fingerprint density at radius 3 is 2.85 bits per heavy atom. The number of hydrogen-bond donors (Lipinski definition) is 1. The minimum absolute atomic E-state index is 0.0189. The zero-order chi connectivity index (χ0) is 19.0. The van der Waals surface area contributed by atoms with Gasteiger partial charge in [-0.25, -0.2) is 4.98 Å². The van der Waals surface area contributed by atoms with Crippen LogP contribution < -0.4 is 10.9 Å². The van der Waals surface area contributed by atoms with Crippen LogP contribution in [0.4, 0.5) is 5.69 Å². The van der Waals surface area contributed by atoms with Crippen molar-refractivity contribution < 1.29 is 4.79 Å². The van der Waals surface area contributed by atoms with Crippen molar-refractivity contribution in [2.24, 2.45) is 0 Å². The first-order chi connectivity index (χ1) is 13.0. The molecular weight excluding hydrogens is 362 g/mol. The first-order valence-electron chi connectivity index (χ1n) is 9.14. The third kappa shape index (κ3) is 3.47. The van der Waals surface area contributed by atoms with Gasteiger partial charge in [0.15, 0.2) is 0 Å². The molecule has 0 saturated carbocycles. The van der Waals surface area contributed by atoms with Gasteiger partial charge in [-0.3, -0.25) is 14.2 Å². The van der Waals surface area contributed by atoms with E-state index in [1.54, 1.807) is 34.9 Å². The molecule has 0 bridgehead atoms. The molecule has 0 radical (unpaired) electrons. The maximum absolute atomic E-state index is 12.8. The standard InChI is InChI=1S/C21H20ClN3O2/c1-13-6-8-15(22)12-17(13)24-20(26)14-7-9-16-18(11-14)23-19-5-3-2-4-10-25(19)21(16)27/h6-9,11-12H,2-5,10H2,1H3,(H,24,26). The second-order valence-corrected chi connectivity index (χ2v) is 7.38. The largest absolute Gasteiger partial charge is 0.322 e. The van der Waals surface area contributed by atoms with Gasteiger partial charge in [0.2, 0.25) is 0 Å². The molecule has 2 heterocycles. The number of anilines is 1. The molecule has 0 unspecified atom stereocenters. The van der Waals surface area contributed by atoms with E-state index in [0.717, 1.165) is 37.1 Å². The Bertz CT molecular complexity index is 1100. The van der Waals surface area contributed by atoms with E-state index in [1.165, 1.54) is 0 Å². The number of benzene rings is 2. The number of carbonyl (C=O) groups is 1.